The molecule has 1 rings (SSSR count). The summed E-state index contributed by atoms with van der Waals surface area (Å²) in [6.45, 7) is 1.50. The monoisotopic (exact) mass is 431 g/mol. The van der Waals surface area contributed by atoms with Gasteiger partial charge >= 0.3 is 0 Å². The van der Waals surface area contributed by atoms with Crippen molar-refractivity contribution in [1.29, 1.82) is 0 Å². The number of benzene rings is 1. The summed E-state index contributed by atoms with van der Waals surface area (Å²) in [6, 6.07) is 4.86. The second-order valence-corrected chi connectivity index (χ2v) is 4.22. The minimum absolute atomic E-state index is 0. The zero-order valence-corrected chi connectivity index (χ0v) is 13.9. The van der Waals surface area contributed by atoms with Crippen molar-refractivity contribution < 1.29 is 9.13 Å². The molecule has 0 unspecified atom stereocenters. The maximum atomic E-state index is 13.2. The van der Waals surface area contributed by atoms with Crippen LogP contribution in [0.15, 0.2) is 27.7 Å². The lowest BCUT2D eigenvalue weighted by Gasteiger charge is -2.04. The number of nitrogens with zero attached hydrogens (tertiary/aromatic N) is 1. The fraction of sp³-hybridized carbons (Fsp3) is 0.364. The van der Waals surface area contributed by atoms with Gasteiger partial charge in [-0.15, -0.1) is 24.0 Å². The number of hydrogen-bond acceptors (Lipinski definition) is 2. The molecule has 0 aromatic heterocycles. The van der Waals surface area contributed by atoms with Crippen molar-refractivity contribution in [2.75, 3.05) is 20.3 Å². The minimum atomic E-state index is -0.302. The van der Waals surface area contributed by atoms with Gasteiger partial charge in [-0.2, -0.15) is 0 Å². The third-order valence-electron chi connectivity index (χ3n) is 2.03. The van der Waals surface area contributed by atoms with Gasteiger partial charge in [-0.3, -0.25) is 0 Å². The Labute approximate surface area is 131 Å². The molecule has 0 fully saturated rings. The maximum absolute atomic E-state index is 13.2. The largest absolute Gasteiger partial charge is 0.383 e. The Balaban J connectivity index is 0.00000289. The molecule has 0 aliphatic rings. The van der Waals surface area contributed by atoms with Crippen LogP contribution in [0.4, 0.5) is 4.39 Å². The van der Waals surface area contributed by atoms with E-state index in [1.165, 1.54) is 6.07 Å². The van der Waals surface area contributed by atoms with E-state index in [4.69, 9.17) is 10.5 Å². The molecule has 1 aromatic carbocycles. The van der Waals surface area contributed by atoms with E-state index in [9.17, 15) is 4.39 Å². The summed E-state index contributed by atoms with van der Waals surface area (Å²) >= 11 is 3.09. The molecule has 7 heteroatoms. The van der Waals surface area contributed by atoms with E-state index in [0.717, 1.165) is 5.56 Å². The van der Waals surface area contributed by atoms with Gasteiger partial charge in [0.2, 0.25) is 0 Å². The molecule has 1 aromatic rings. The van der Waals surface area contributed by atoms with Crippen LogP contribution in [0.2, 0.25) is 0 Å². The first kappa shape index (κ1) is 17.6. The average Bonchev–Trinajstić information content (AvgIpc) is 2.31. The highest BCUT2D eigenvalue weighted by atomic mass is 127. The van der Waals surface area contributed by atoms with Crippen LogP contribution < -0.4 is 11.1 Å². The molecule has 0 radical (unpaired) electrons. The number of ether oxygens (including phenoxy) is 1. The van der Waals surface area contributed by atoms with Crippen LogP contribution in [0.3, 0.4) is 0 Å². The molecule has 18 heavy (non-hydrogen) atoms. The molecule has 0 saturated carbocycles. The van der Waals surface area contributed by atoms with Gasteiger partial charge in [0.1, 0.15) is 5.82 Å². The van der Waals surface area contributed by atoms with Gasteiger partial charge in [0.25, 0.3) is 0 Å². The Hall–Kier alpha value is -0.410. The highest BCUT2D eigenvalue weighted by Gasteiger charge is 2.00. The second kappa shape index (κ2) is 9.51. The standard InChI is InChI=1S/C11H15BrFN3O.HI/c1-17-5-4-15-11(14)16-7-8-2-3-9(12)10(13)6-8;/h2-3,6H,4-5,7H2,1H3,(H3,14,15,16);1H. The van der Waals surface area contributed by atoms with Crippen LogP contribution >= 0.6 is 39.9 Å². The van der Waals surface area contributed by atoms with E-state index in [0.29, 0.717) is 30.1 Å². The van der Waals surface area contributed by atoms with E-state index >= 15 is 0 Å². The van der Waals surface area contributed by atoms with Crippen molar-refractivity contribution >= 4 is 45.9 Å². The quantitative estimate of drug-likeness (QED) is 0.325. The van der Waals surface area contributed by atoms with Crippen molar-refractivity contribution in [2.24, 2.45) is 10.7 Å². The molecule has 0 heterocycles. The molecule has 0 amide bonds. The van der Waals surface area contributed by atoms with E-state index < -0.39 is 0 Å². The van der Waals surface area contributed by atoms with Gasteiger partial charge in [-0.1, -0.05) is 6.07 Å². The first-order valence-corrected chi connectivity index (χ1v) is 5.89. The van der Waals surface area contributed by atoms with Crippen molar-refractivity contribution in [3.05, 3.63) is 34.1 Å². The van der Waals surface area contributed by atoms with E-state index in [2.05, 4.69) is 26.2 Å². The number of nitrogens with two attached hydrogens (primary N) is 1. The molecule has 0 atom stereocenters. The lowest BCUT2D eigenvalue weighted by atomic mass is 10.2. The maximum Gasteiger partial charge on any atom is 0.188 e. The summed E-state index contributed by atoms with van der Waals surface area (Å²) in [7, 11) is 1.61. The number of guanidine groups is 1. The highest BCUT2D eigenvalue weighted by Crippen LogP contribution is 2.16. The van der Waals surface area contributed by atoms with Gasteiger partial charge in [-0.25, -0.2) is 9.38 Å². The van der Waals surface area contributed by atoms with Gasteiger partial charge in [0, 0.05) is 13.7 Å². The number of aliphatic imine (C=N–C) groups is 1. The molecule has 0 bridgehead atoms. The predicted molar refractivity (Wildman–Crippen MR) is 84.7 cm³/mol. The Morgan fingerprint density at radius 2 is 2.28 bits per heavy atom. The van der Waals surface area contributed by atoms with Gasteiger partial charge in [0.05, 0.1) is 17.6 Å². The minimum Gasteiger partial charge on any atom is -0.383 e. The molecule has 3 N–H and O–H groups in total. The number of rotatable bonds is 5. The Bertz CT molecular complexity index is 404. The summed E-state index contributed by atoms with van der Waals surface area (Å²) in [5, 5.41) is 2.88. The molecule has 0 aliphatic carbocycles. The topological polar surface area (TPSA) is 59.6 Å². The number of hydrogen-bond donors (Lipinski definition) is 2. The zero-order valence-electron chi connectivity index (χ0n) is 9.95. The van der Waals surface area contributed by atoms with Crippen LogP contribution in [0.1, 0.15) is 5.56 Å². The smallest absolute Gasteiger partial charge is 0.188 e. The highest BCUT2D eigenvalue weighted by molar-refractivity contribution is 14.0. The molecular formula is C11H16BrFIN3O. The first-order valence-electron chi connectivity index (χ1n) is 5.10. The molecule has 0 spiro atoms. The summed E-state index contributed by atoms with van der Waals surface area (Å²) in [4.78, 5) is 4.08. The van der Waals surface area contributed by atoms with Crippen molar-refractivity contribution in [1.82, 2.24) is 5.32 Å². The van der Waals surface area contributed by atoms with Crippen LogP contribution in [0.25, 0.3) is 0 Å². The molecule has 0 saturated heterocycles. The van der Waals surface area contributed by atoms with Crippen molar-refractivity contribution in [2.45, 2.75) is 6.54 Å². The predicted octanol–water partition coefficient (Wildman–Crippen LogP) is 2.26. The van der Waals surface area contributed by atoms with E-state index in [-0.39, 0.29) is 29.8 Å². The first-order chi connectivity index (χ1) is 8.13. The van der Waals surface area contributed by atoms with Crippen LogP contribution in [0.5, 0.6) is 0 Å². The van der Waals surface area contributed by atoms with Crippen LogP contribution in [0, 0.1) is 5.82 Å². The molecular weight excluding hydrogens is 416 g/mol. The van der Waals surface area contributed by atoms with Crippen LogP contribution in [-0.4, -0.2) is 26.2 Å². The van der Waals surface area contributed by atoms with Crippen LogP contribution in [-0.2, 0) is 11.3 Å². The van der Waals surface area contributed by atoms with E-state index in [1.54, 1.807) is 19.2 Å². The molecule has 4 nitrogen and oxygen atoms in total. The summed E-state index contributed by atoms with van der Waals surface area (Å²) in [5.41, 5.74) is 6.38. The number of halogens is 3. The van der Waals surface area contributed by atoms with Gasteiger partial charge in [-0.05, 0) is 33.6 Å². The molecule has 0 aliphatic heterocycles. The summed E-state index contributed by atoms with van der Waals surface area (Å²) < 4.78 is 18.5. The summed E-state index contributed by atoms with van der Waals surface area (Å²) in [6.07, 6.45) is 0. The lowest BCUT2D eigenvalue weighted by molar-refractivity contribution is 0.204. The average molecular weight is 432 g/mol. The third-order valence-corrected chi connectivity index (χ3v) is 2.67. The third kappa shape index (κ3) is 6.50. The summed E-state index contributed by atoms with van der Waals surface area (Å²) in [5.74, 6) is 0.0222. The Kier molecular flexibility index (Phi) is 9.29. The fourth-order valence-corrected chi connectivity index (χ4v) is 1.40. The lowest BCUT2D eigenvalue weighted by Crippen LogP contribution is -2.34. The zero-order chi connectivity index (χ0) is 12.7. The number of nitrogens with one attached hydrogen (secondary N) is 1. The fourth-order valence-electron chi connectivity index (χ4n) is 1.15. The second-order valence-electron chi connectivity index (χ2n) is 3.37. The molecule has 102 valence electrons. The Morgan fingerprint density at radius 1 is 1.56 bits per heavy atom. The normalized spacial score (nSPS) is 10.9. The SMILES string of the molecule is COCCNC(N)=NCc1ccc(Br)c(F)c1.I. The van der Waals surface area contributed by atoms with Gasteiger partial charge < -0.3 is 15.8 Å². The van der Waals surface area contributed by atoms with Crippen molar-refractivity contribution in [3.8, 4) is 0 Å². The van der Waals surface area contributed by atoms with Gasteiger partial charge in [0.15, 0.2) is 5.96 Å². The van der Waals surface area contributed by atoms with Crippen molar-refractivity contribution in [3.63, 3.8) is 0 Å². The Morgan fingerprint density at radius 3 is 2.89 bits per heavy atom. The number of methoxy groups -OCH3 is 1. The van der Waals surface area contributed by atoms with E-state index in [1.807, 2.05) is 0 Å².